The molecule has 94 valence electrons. The first kappa shape index (κ1) is 12.8. The molecule has 4 nitrogen and oxygen atoms in total. The van der Waals surface area contributed by atoms with Gasteiger partial charge < -0.3 is 9.30 Å². The Balaban J connectivity index is 2.45. The number of benzene rings is 1. The van der Waals surface area contributed by atoms with Crippen LogP contribution >= 0.6 is 15.9 Å². The Morgan fingerprint density at radius 2 is 2.28 bits per heavy atom. The van der Waals surface area contributed by atoms with Crippen LogP contribution in [0.4, 0.5) is 0 Å². The second-order valence-electron chi connectivity index (χ2n) is 3.71. The van der Waals surface area contributed by atoms with Gasteiger partial charge in [0.2, 0.25) is 5.78 Å². The van der Waals surface area contributed by atoms with E-state index in [1.54, 1.807) is 37.7 Å². The number of aromatic nitrogens is 2. The lowest BCUT2D eigenvalue weighted by atomic mass is 10.1. The molecule has 0 amide bonds. The summed E-state index contributed by atoms with van der Waals surface area (Å²) < 4.78 is 7.68. The highest BCUT2D eigenvalue weighted by Gasteiger charge is 2.18. The lowest BCUT2D eigenvalue weighted by molar-refractivity contribution is 0.102. The maximum atomic E-state index is 12.4. The van der Waals surface area contributed by atoms with Crippen molar-refractivity contribution in [2.45, 2.75) is 13.5 Å². The molecule has 2 rings (SSSR count). The van der Waals surface area contributed by atoms with Gasteiger partial charge in [0.05, 0.1) is 7.11 Å². The molecule has 0 radical (unpaired) electrons. The number of ether oxygens (including phenoxy) is 1. The Morgan fingerprint density at radius 3 is 2.94 bits per heavy atom. The number of ketones is 1. The van der Waals surface area contributed by atoms with Gasteiger partial charge in [-0.05, 0) is 25.1 Å². The zero-order valence-corrected chi connectivity index (χ0v) is 11.8. The number of hydrogen-bond donors (Lipinski definition) is 0. The number of hydrogen-bond acceptors (Lipinski definition) is 3. The van der Waals surface area contributed by atoms with E-state index in [9.17, 15) is 4.79 Å². The number of aryl methyl sites for hydroxylation is 1. The normalized spacial score (nSPS) is 10.4. The minimum Gasteiger partial charge on any atom is -0.497 e. The van der Waals surface area contributed by atoms with E-state index in [-0.39, 0.29) is 5.78 Å². The summed E-state index contributed by atoms with van der Waals surface area (Å²) in [7, 11) is 1.57. The lowest BCUT2D eigenvalue weighted by Gasteiger charge is -2.07. The average molecular weight is 309 g/mol. The Morgan fingerprint density at radius 1 is 1.50 bits per heavy atom. The summed E-state index contributed by atoms with van der Waals surface area (Å²) in [5.74, 6) is 0.968. The van der Waals surface area contributed by atoms with Crippen molar-refractivity contribution in [3.05, 3.63) is 46.5 Å². The van der Waals surface area contributed by atoms with Crippen molar-refractivity contribution in [2.75, 3.05) is 7.11 Å². The zero-order valence-electron chi connectivity index (χ0n) is 10.2. The van der Waals surface area contributed by atoms with Gasteiger partial charge in [-0.2, -0.15) is 0 Å². The lowest BCUT2D eigenvalue weighted by Crippen LogP contribution is -2.11. The maximum absolute atomic E-state index is 12.4. The van der Waals surface area contributed by atoms with Crippen LogP contribution < -0.4 is 4.74 Å². The third-order valence-corrected chi connectivity index (χ3v) is 3.37. The fourth-order valence-electron chi connectivity index (χ4n) is 1.70. The van der Waals surface area contributed by atoms with E-state index in [2.05, 4.69) is 20.9 Å². The van der Waals surface area contributed by atoms with E-state index in [0.717, 1.165) is 4.47 Å². The molecule has 1 aromatic carbocycles. The molecule has 1 heterocycles. The van der Waals surface area contributed by atoms with Crippen LogP contribution in [0.5, 0.6) is 5.75 Å². The Hall–Kier alpha value is -1.62. The maximum Gasteiger partial charge on any atom is 0.229 e. The molecule has 0 aliphatic heterocycles. The van der Waals surface area contributed by atoms with Crippen LogP contribution in [0.2, 0.25) is 0 Å². The van der Waals surface area contributed by atoms with Crippen molar-refractivity contribution in [3.8, 4) is 5.75 Å². The van der Waals surface area contributed by atoms with Crippen molar-refractivity contribution < 1.29 is 9.53 Å². The monoisotopic (exact) mass is 308 g/mol. The molecule has 2 aromatic rings. The van der Waals surface area contributed by atoms with Gasteiger partial charge in [-0.1, -0.05) is 15.9 Å². The molecule has 0 unspecified atom stereocenters. The summed E-state index contributed by atoms with van der Waals surface area (Å²) in [6, 6.07) is 5.31. The Labute approximate surface area is 114 Å². The standard InChI is InChI=1S/C13H13BrN2O2/c1-3-16-7-6-15-13(16)12(17)10-8-9(18-2)4-5-11(10)14/h4-8H,3H2,1-2H3. The molecule has 0 saturated carbocycles. The van der Waals surface area contributed by atoms with Crippen LogP contribution in [-0.4, -0.2) is 22.4 Å². The Kier molecular flexibility index (Phi) is 3.81. The smallest absolute Gasteiger partial charge is 0.229 e. The number of carbonyl (C=O) groups excluding carboxylic acids is 1. The van der Waals surface area contributed by atoms with E-state index in [4.69, 9.17) is 4.74 Å². The largest absolute Gasteiger partial charge is 0.497 e. The van der Waals surface area contributed by atoms with E-state index >= 15 is 0 Å². The topological polar surface area (TPSA) is 44.1 Å². The first-order valence-electron chi connectivity index (χ1n) is 5.56. The number of imidazole rings is 1. The fraction of sp³-hybridized carbons (Fsp3) is 0.231. The van der Waals surface area contributed by atoms with Crippen molar-refractivity contribution in [1.82, 2.24) is 9.55 Å². The number of halogens is 1. The number of carbonyl (C=O) groups is 1. The van der Waals surface area contributed by atoms with Gasteiger partial charge in [0.15, 0.2) is 5.82 Å². The molecular formula is C13H13BrN2O2. The minimum absolute atomic E-state index is 0.118. The fourth-order valence-corrected chi connectivity index (χ4v) is 2.13. The second-order valence-corrected chi connectivity index (χ2v) is 4.57. The van der Waals surface area contributed by atoms with Crippen LogP contribution in [0.1, 0.15) is 23.1 Å². The highest BCUT2D eigenvalue weighted by Crippen LogP contribution is 2.24. The highest BCUT2D eigenvalue weighted by atomic mass is 79.9. The average Bonchev–Trinajstić information content (AvgIpc) is 2.86. The van der Waals surface area contributed by atoms with Crippen LogP contribution in [-0.2, 0) is 6.54 Å². The molecule has 18 heavy (non-hydrogen) atoms. The second kappa shape index (κ2) is 5.35. The van der Waals surface area contributed by atoms with E-state index in [1.807, 2.05) is 11.5 Å². The summed E-state index contributed by atoms with van der Waals surface area (Å²) >= 11 is 3.38. The molecule has 0 N–H and O–H groups in total. The minimum atomic E-state index is -0.118. The summed E-state index contributed by atoms with van der Waals surface area (Å²) in [5, 5.41) is 0. The molecular weight excluding hydrogens is 296 g/mol. The van der Waals surface area contributed by atoms with Gasteiger partial charge in [0.1, 0.15) is 5.75 Å². The quantitative estimate of drug-likeness (QED) is 0.816. The van der Waals surface area contributed by atoms with Gasteiger partial charge in [0, 0.05) is 29.0 Å². The highest BCUT2D eigenvalue weighted by molar-refractivity contribution is 9.10. The molecule has 0 aliphatic rings. The van der Waals surface area contributed by atoms with E-state index < -0.39 is 0 Å². The first-order valence-corrected chi connectivity index (χ1v) is 6.36. The van der Waals surface area contributed by atoms with Gasteiger partial charge in [-0.25, -0.2) is 4.98 Å². The Bertz CT molecular complexity index is 578. The molecule has 0 aliphatic carbocycles. The van der Waals surface area contributed by atoms with Crippen LogP contribution in [0.3, 0.4) is 0 Å². The summed E-state index contributed by atoms with van der Waals surface area (Å²) in [5.41, 5.74) is 0.551. The van der Waals surface area contributed by atoms with Crippen LogP contribution in [0.25, 0.3) is 0 Å². The molecule has 0 bridgehead atoms. The molecule has 5 heteroatoms. The molecule has 1 aromatic heterocycles. The first-order chi connectivity index (χ1) is 8.67. The summed E-state index contributed by atoms with van der Waals surface area (Å²) in [6.45, 7) is 2.68. The van der Waals surface area contributed by atoms with E-state index in [0.29, 0.717) is 23.7 Å². The summed E-state index contributed by atoms with van der Waals surface area (Å²) in [4.78, 5) is 16.5. The van der Waals surface area contributed by atoms with Gasteiger partial charge in [-0.15, -0.1) is 0 Å². The van der Waals surface area contributed by atoms with Gasteiger partial charge >= 0.3 is 0 Å². The third-order valence-electron chi connectivity index (χ3n) is 2.68. The SMILES string of the molecule is CCn1ccnc1C(=O)c1cc(OC)ccc1Br. The molecule has 0 fully saturated rings. The number of nitrogens with zero attached hydrogens (tertiary/aromatic N) is 2. The number of methoxy groups -OCH3 is 1. The zero-order chi connectivity index (χ0) is 13.1. The van der Waals surface area contributed by atoms with Crippen molar-refractivity contribution in [1.29, 1.82) is 0 Å². The van der Waals surface area contributed by atoms with E-state index in [1.165, 1.54) is 0 Å². The van der Waals surface area contributed by atoms with Gasteiger partial charge in [0.25, 0.3) is 0 Å². The third kappa shape index (κ3) is 2.31. The summed E-state index contributed by atoms with van der Waals surface area (Å²) in [6.07, 6.45) is 3.42. The van der Waals surface area contributed by atoms with Crippen LogP contribution in [0.15, 0.2) is 35.1 Å². The van der Waals surface area contributed by atoms with Crippen molar-refractivity contribution in [2.24, 2.45) is 0 Å². The van der Waals surface area contributed by atoms with Crippen molar-refractivity contribution in [3.63, 3.8) is 0 Å². The predicted octanol–water partition coefficient (Wildman–Crippen LogP) is 2.91. The van der Waals surface area contributed by atoms with Crippen molar-refractivity contribution >= 4 is 21.7 Å². The number of rotatable bonds is 4. The molecule has 0 spiro atoms. The molecule has 0 atom stereocenters. The predicted molar refractivity (Wildman–Crippen MR) is 72.0 cm³/mol. The van der Waals surface area contributed by atoms with Gasteiger partial charge in [-0.3, -0.25) is 4.79 Å². The van der Waals surface area contributed by atoms with Crippen LogP contribution in [0, 0.1) is 0 Å². The molecule has 0 saturated heterocycles.